The molecule has 0 saturated carbocycles. The zero-order valence-electron chi connectivity index (χ0n) is 14.1. The first kappa shape index (κ1) is 19.8. The molecule has 0 spiro atoms. The summed E-state index contributed by atoms with van der Waals surface area (Å²) >= 11 is 8.91. The van der Waals surface area contributed by atoms with Crippen LogP contribution in [0.1, 0.15) is 12.0 Å². The van der Waals surface area contributed by atoms with E-state index in [-0.39, 0.29) is 0 Å². The van der Waals surface area contributed by atoms with Crippen LogP contribution in [0.2, 0.25) is 0 Å². The van der Waals surface area contributed by atoms with Crippen LogP contribution < -0.4 is 11.1 Å². The fraction of sp³-hybridized carbons (Fsp3) is 0.353. The van der Waals surface area contributed by atoms with E-state index < -0.39 is 18.3 Å². The zero-order chi connectivity index (χ0) is 19.7. The normalized spacial score (nSPS) is 23.4. The first-order valence-corrected chi connectivity index (χ1v) is 9.37. The number of halogens is 4. The first-order valence-electron chi connectivity index (χ1n) is 8.17. The van der Waals surface area contributed by atoms with Gasteiger partial charge in [-0.15, -0.1) is 0 Å². The Morgan fingerprint density at radius 3 is 2.93 bits per heavy atom. The van der Waals surface area contributed by atoms with E-state index in [1.165, 1.54) is 6.20 Å². The third-order valence-corrected chi connectivity index (χ3v) is 5.12. The minimum atomic E-state index is -4.40. The van der Waals surface area contributed by atoms with Gasteiger partial charge in [-0.3, -0.25) is 9.98 Å². The summed E-state index contributed by atoms with van der Waals surface area (Å²) in [5.41, 5.74) is 5.83. The molecule has 0 aromatic heterocycles. The van der Waals surface area contributed by atoms with Crippen LogP contribution in [0.4, 0.5) is 13.2 Å². The van der Waals surface area contributed by atoms with Crippen molar-refractivity contribution in [3.05, 3.63) is 46.1 Å². The maximum Gasteiger partial charge on any atom is 0.407 e. The maximum absolute atomic E-state index is 12.6. The number of hydrogen-bond acceptors (Lipinski definition) is 4. The minimum Gasteiger partial charge on any atom is -0.404 e. The summed E-state index contributed by atoms with van der Waals surface area (Å²) in [5, 5.41) is 3.69. The van der Waals surface area contributed by atoms with Crippen molar-refractivity contribution >= 4 is 45.3 Å². The fourth-order valence-electron chi connectivity index (χ4n) is 3.21. The van der Waals surface area contributed by atoms with Crippen LogP contribution in [-0.4, -0.2) is 47.9 Å². The van der Waals surface area contributed by atoms with E-state index in [4.69, 9.17) is 18.0 Å². The number of amidine groups is 1. The van der Waals surface area contributed by atoms with Gasteiger partial charge in [0, 0.05) is 35.5 Å². The summed E-state index contributed by atoms with van der Waals surface area (Å²) < 4.78 is 38.5. The quantitative estimate of drug-likeness (QED) is 0.536. The number of benzene rings is 1. The molecule has 1 saturated heterocycles. The predicted molar refractivity (Wildman–Crippen MR) is 107 cm³/mol. The molecule has 10 heteroatoms. The summed E-state index contributed by atoms with van der Waals surface area (Å²) in [6, 6.07) is 7.40. The van der Waals surface area contributed by atoms with Crippen LogP contribution in [0.25, 0.3) is 0 Å². The van der Waals surface area contributed by atoms with Gasteiger partial charge in [0.2, 0.25) is 0 Å². The lowest BCUT2D eigenvalue weighted by molar-refractivity contribution is -0.118. The Labute approximate surface area is 168 Å². The minimum absolute atomic E-state index is 0.343. The number of nitrogens with one attached hydrogen (secondary N) is 1. The second-order valence-corrected chi connectivity index (χ2v) is 7.41. The van der Waals surface area contributed by atoms with Crippen molar-refractivity contribution in [2.45, 2.75) is 18.1 Å². The Hall–Kier alpha value is -1.94. The number of nitrogens with zero attached hydrogens (tertiary/aromatic N) is 3. The van der Waals surface area contributed by atoms with Gasteiger partial charge in [-0.1, -0.05) is 28.1 Å². The molecule has 5 nitrogen and oxygen atoms in total. The molecule has 2 heterocycles. The molecule has 3 rings (SSSR count). The molecule has 2 aliphatic heterocycles. The predicted octanol–water partition coefficient (Wildman–Crippen LogP) is 3.11. The second-order valence-electron chi connectivity index (χ2n) is 6.11. The van der Waals surface area contributed by atoms with Gasteiger partial charge in [0.15, 0.2) is 10.7 Å². The first-order chi connectivity index (χ1) is 12.8. The molecule has 0 radical (unpaired) electrons. The van der Waals surface area contributed by atoms with Crippen molar-refractivity contribution in [1.82, 2.24) is 10.2 Å². The summed E-state index contributed by atoms with van der Waals surface area (Å²) in [4.78, 5) is 10.0. The lowest BCUT2D eigenvalue weighted by atomic mass is 9.82. The molecule has 0 aliphatic carbocycles. The molecule has 144 valence electrons. The molecule has 27 heavy (non-hydrogen) atoms. The number of rotatable bonds is 4. The molecular formula is C17H17BrF3N5S. The number of thiocarbonyl (C=S) groups is 1. The van der Waals surface area contributed by atoms with Crippen LogP contribution in [0.3, 0.4) is 0 Å². The molecule has 0 bridgehead atoms. The molecule has 2 aliphatic rings. The summed E-state index contributed by atoms with van der Waals surface area (Å²) in [6.45, 7) is -0.0130. The van der Waals surface area contributed by atoms with E-state index in [0.29, 0.717) is 29.6 Å². The average molecular weight is 460 g/mol. The van der Waals surface area contributed by atoms with Gasteiger partial charge >= 0.3 is 6.18 Å². The van der Waals surface area contributed by atoms with Gasteiger partial charge in [-0.2, -0.15) is 13.2 Å². The topological polar surface area (TPSA) is 66.0 Å². The van der Waals surface area contributed by atoms with Crippen LogP contribution in [0, 0.1) is 0 Å². The molecule has 3 N–H and O–H groups in total. The molecular weight excluding hydrogens is 443 g/mol. The van der Waals surface area contributed by atoms with Crippen LogP contribution >= 0.6 is 28.1 Å². The van der Waals surface area contributed by atoms with Crippen LogP contribution in [0.5, 0.6) is 0 Å². The lowest BCUT2D eigenvalue weighted by Gasteiger charge is -2.33. The number of nitrogens with two attached hydrogens (primary N) is 1. The van der Waals surface area contributed by atoms with Crippen LogP contribution in [0.15, 0.2) is 50.5 Å². The highest BCUT2D eigenvalue weighted by molar-refractivity contribution is 9.10. The Balaban J connectivity index is 2.14. The van der Waals surface area contributed by atoms with Gasteiger partial charge < -0.3 is 16.0 Å². The van der Waals surface area contributed by atoms with Gasteiger partial charge in [0.25, 0.3) is 0 Å². The molecule has 1 atom stereocenters. The fourth-order valence-corrected chi connectivity index (χ4v) is 3.94. The summed E-state index contributed by atoms with van der Waals surface area (Å²) in [7, 11) is 0. The Morgan fingerprint density at radius 2 is 2.26 bits per heavy atom. The van der Waals surface area contributed by atoms with Gasteiger partial charge in [0.05, 0.1) is 0 Å². The van der Waals surface area contributed by atoms with Gasteiger partial charge in [-0.25, -0.2) is 0 Å². The molecule has 1 aromatic carbocycles. The van der Waals surface area contributed by atoms with Crippen molar-refractivity contribution in [2.24, 2.45) is 15.7 Å². The van der Waals surface area contributed by atoms with Crippen LogP contribution in [-0.2, 0) is 5.54 Å². The van der Waals surface area contributed by atoms with Crippen molar-refractivity contribution < 1.29 is 13.2 Å². The standard InChI is InChI=1S/C17H17BrF3N5S/c18-13-4-1-3-11(7-13)17(12(8-22)9-23-10-16(19,20)21)14-24-5-2-6-26(14)15(27)25-17/h1,3-4,7-9H,2,5-6,10,22H2,(H,25,27). The number of fused-ring (bicyclic) bond motifs is 1. The highest BCUT2D eigenvalue weighted by atomic mass is 79.9. The second kappa shape index (κ2) is 7.59. The van der Waals surface area contributed by atoms with Crippen molar-refractivity contribution in [3.8, 4) is 0 Å². The van der Waals surface area contributed by atoms with E-state index in [9.17, 15) is 13.2 Å². The maximum atomic E-state index is 12.6. The number of aliphatic imine (C=N–C) groups is 2. The van der Waals surface area contributed by atoms with Crippen molar-refractivity contribution in [2.75, 3.05) is 19.6 Å². The monoisotopic (exact) mass is 459 g/mol. The van der Waals surface area contributed by atoms with E-state index in [2.05, 4.69) is 31.2 Å². The van der Waals surface area contributed by atoms with Gasteiger partial charge in [-0.05, 0) is 36.3 Å². The Morgan fingerprint density at radius 1 is 1.48 bits per heavy atom. The number of hydrogen-bond donors (Lipinski definition) is 2. The third kappa shape index (κ3) is 3.86. The highest BCUT2D eigenvalue weighted by Crippen LogP contribution is 2.38. The van der Waals surface area contributed by atoms with E-state index in [0.717, 1.165) is 22.7 Å². The van der Waals surface area contributed by atoms with E-state index >= 15 is 0 Å². The highest BCUT2D eigenvalue weighted by Gasteiger charge is 2.51. The Bertz CT molecular complexity index is 836. The number of alkyl halides is 3. The third-order valence-electron chi connectivity index (χ3n) is 4.30. The SMILES string of the molecule is NC=C(C=NCC(F)(F)F)C1(c2cccc(Br)c2)NC(=S)N2CCCN=C21. The average Bonchev–Trinajstić information content (AvgIpc) is 2.92. The zero-order valence-corrected chi connectivity index (χ0v) is 16.5. The molecule has 1 fully saturated rings. The molecule has 1 unspecified atom stereocenters. The lowest BCUT2D eigenvalue weighted by Crippen LogP contribution is -2.47. The smallest absolute Gasteiger partial charge is 0.404 e. The van der Waals surface area contributed by atoms with Crippen molar-refractivity contribution in [1.29, 1.82) is 0 Å². The molecule has 1 aromatic rings. The molecule has 0 amide bonds. The van der Waals surface area contributed by atoms with Crippen molar-refractivity contribution in [3.63, 3.8) is 0 Å². The largest absolute Gasteiger partial charge is 0.407 e. The van der Waals surface area contributed by atoms with E-state index in [1.54, 1.807) is 0 Å². The Kier molecular flexibility index (Phi) is 5.57. The van der Waals surface area contributed by atoms with Gasteiger partial charge in [0.1, 0.15) is 12.4 Å². The summed E-state index contributed by atoms with van der Waals surface area (Å²) in [6.07, 6.45) is -1.17. The summed E-state index contributed by atoms with van der Waals surface area (Å²) in [5.74, 6) is 0.618. The van der Waals surface area contributed by atoms with E-state index in [1.807, 2.05) is 29.2 Å².